The van der Waals surface area contributed by atoms with E-state index < -0.39 is 6.10 Å². The summed E-state index contributed by atoms with van der Waals surface area (Å²) in [6, 6.07) is 1.74. The van der Waals surface area contributed by atoms with E-state index in [-0.39, 0.29) is 0 Å². The van der Waals surface area contributed by atoms with Crippen molar-refractivity contribution in [1.82, 2.24) is 14.8 Å². The Morgan fingerprint density at radius 1 is 1.53 bits per heavy atom. The summed E-state index contributed by atoms with van der Waals surface area (Å²) in [6.07, 6.45) is 2.88. The molecule has 0 saturated carbocycles. The number of aryl methyl sites for hydroxylation is 2. The first-order chi connectivity index (χ1) is 9.04. The third-order valence-electron chi connectivity index (χ3n) is 3.06. The monoisotopic (exact) mass is 281 g/mol. The van der Waals surface area contributed by atoms with Crippen molar-refractivity contribution < 1.29 is 9.84 Å². The van der Waals surface area contributed by atoms with Gasteiger partial charge in [-0.2, -0.15) is 5.10 Å². The molecule has 1 N–H and O–H groups in total. The van der Waals surface area contributed by atoms with Crippen molar-refractivity contribution >= 4 is 11.6 Å². The number of hydrogen-bond donors (Lipinski definition) is 1. The lowest BCUT2D eigenvalue weighted by molar-refractivity contribution is 0.173. The van der Waals surface area contributed by atoms with Crippen LogP contribution in [-0.2, 0) is 13.5 Å². The maximum absolute atomic E-state index is 10.3. The third kappa shape index (κ3) is 2.72. The van der Waals surface area contributed by atoms with Gasteiger partial charge in [-0.1, -0.05) is 11.6 Å². The van der Waals surface area contributed by atoms with E-state index >= 15 is 0 Å². The molecule has 0 saturated heterocycles. The number of aliphatic hydroxyl groups excluding tert-OH is 1. The van der Waals surface area contributed by atoms with Gasteiger partial charge in [0.05, 0.1) is 25.1 Å². The Balaban J connectivity index is 2.28. The second-order valence-electron chi connectivity index (χ2n) is 4.32. The zero-order valence-electron chi connectivity index (χ0n) is 11.1. The quantitative estimate of drug-likeness (QED) is 0.932. The highest BCUT2D eigenvalue weighted by Gasteiger charge is 2.19. The van der Waals surface area contributed by atoms with Crippen molar-refractivity contribution in [2.45, 2.75) is 19.4 Å². The van der Waals surface area contributed by atoms with Gasteiger partial charge in [-0.3, -0.25) is 9.67 Å². The number of aliphatic hydroxyl groups is 1. The molecule has 19 heavy (non-hydrogen) atoms. The first-order valence-corrected chi connectivity index (χ1v) is 6.26. The SMILES string of the molecule is COc1cnccc1C(O)Cc1c(C)nn(C)c1Cl. The fraction of sp³-hybridized carbons (Fsp3) is 0.385. The van der Waals surface area contributed by atoms with E-state index in [0.717, 1.165) is 11.3 Å². The van der Waals surface area contributed by atoms with Crippen molar-refractivity contribution in [2.24, 2.45) is 7.05 Å². The van der Waals surface area contributed by atoms with Crippen molar-refractivity contribution in [1.29, 1.82) is 0 Å². The average Bonchev–Trinajstić information content (AvgIpc) is 2.65. The van der Waals surface area contributed by atoms with Crippen LogP contribution in [0.15, 0.2) is 18.5 Å². The molecule has 0 spiro atoms. The molecule has 102 valence electrons. The van der Waals surface area contributed by atoms with E-state index in [9.17, 15) is 5.11 Å². The Morgan fingerprint density at radius 3 is 2.84 bits per heavy atom. The van der Waals surface area contributed by atoms with E-state index in [1.165, 1.54) is 0 Å². The molecule has 0 aliphatic carbocycles. The second kappa shape index (κ2) is 5.59. The molecule has 0 radical (unpaired) electrons. The Morgan fingerprint density at radius 2 is 2.26 bits per heavy atom. The Bertz CT molecular complexity index is 583. The first kappa shape index (κ1) is 13.8. The van der Waals surface area contributed by atoms with Crippen molar-refractivity contribution in [3.05, 3.63) is 40.4 Å². The van der Waals surface area contributed by atoms with E-state index in [4.69, 9.17) is 16.3 Å². The van der Waals surface area contributed by atoms with Crippen molar-refractivity contribution in [3.8, 4) is 5.75 Å². The lowest BCUT2D eigenvalue weighted by atomic mass is 10.0. The summed E-state index contributed by atoms with van der Waals surface area (Å²) in [5.41, 5.74) is 2.35. The van der Waals surface area contributed by atoms with Crippen LogP contribution in [0.25, 0.3) is 0 Å². The Labute approximate surface area is 116 Å². The number of rotatable bonds is 4. The number of ether oxygens (including phenoxy) is 1. The first-order valence-electron chi connectivity index (χ1n) is 5.88. The topological polar surface area (TPSA) is 60.2 Å². The van der Waals surface area contributed by atoms with Gasteiger partial charge in [0.1, 0.15) is 10.9 Å². The zero-order valence-corrected chi connectivity index (χ0v) is 11.8. The highest BCUT2D eigenvalue weighted by molar-refractivity contribution is 6.30. The molecule has 1 unspecified atom stereocenters. The maximum atomic E-state index is 10.3. The minimum atomic E-state index is -0.710. The Hall–Kier alpha value is -1.59. The molecule has 0 aliphatic rings. The number of hydrogen-bond acceptors (Lipinski definition) is 4. The van der Waals surface area contributed by atoms with Crippen LogP contribution in [0, 0.1) is 6.92 Å². The second-order valence-corrected chi connectivity index (χ2v) is 4.67. The van der Waals surface area contributed by atoms with Gasteiger partial charge >= 0.3 is 0 Å². The van der Waals surface area contributed by atoms with Crippen LogP contribution in [0.5, 0.6) is 5.75 Å². The summed E-state index contributed by atoms with van der Waals surface area (Å²) >= 11 is 6.17. The summed E-state index contributed by atoms with van der Waals surface area (Å²) in [5, 5.41) is 15.1. The van der Waals surface area contributed by atoms with Crippen molar-refractivity contribution in [2.75, 3.05) is 7.11 Å². The highest BCUT2D eigenvalue weighted by atomic mass is 35.5. The average molecular weight is 282 g/mol. The third-order valence-corrected chi connectivity index (χ3v) is 3.54. The van der Waals surface area contributed by atoms with Crippen LogP contribution in [0.1, 0.15) is 22.9 Å². The van der Waals surface area contributed by atoms with E-state index in [0.29, 0.717) is 22.9 Å². The molecule has 0 aliphatic heterocycles. The highest BCUT2D eigenvalue weighted by Crippen LogP contribution is 2.29. The van der Waals surface area contributed by atoms with Crippen LogP contribution in [0.4, 0.5) is 0 Å². The molecule has 6 heteroatoms. The zero-order chi connectivity index (χ0) is 14.0. The Kier molecular flexibility index (Phi) is 4.07. The number of nitrogens with zero attached hydrogens (tertiary/aromatic N) is 3. The van der Waals surface area contributed by atoms with Gasteiger partial charge < -0.3 is 9.84 Å². The molecule has 2 rings (SSSR count). The predicted molar refractivity (Wildman–Crippen MR) is 72.4 cm³/mol. The summed E-state index contributed by atoms with van der Waals surface area (Å²) in [4.78, 5) is 3.97. The standard InChI is InChI=1S/C13H16ClN3O2/c1-8-10(13(14)17(2)16-8)6-11(18)9-4-5-15-7-12(9)19-3/h4-5,7,11,18H,6H2,1-3H3. The van der Waals surface area contributed by atoms with Gasteiger partial charge in [-0.05, 0) is 13.0 Å². The van der Waals surface area contributed by atoms with Gasteiger partial charge in [-0.25, -0.2) is 0 Å². The predicted octanol–water partition coefficient (Wildman–Crippen LogP) is 2.06. The maximum Gasteiger partial charge on any atom is 0.142 e. The van der Waals surface area contributed by atoms with Crippen molar-refractivity contribution in [3.63, 3.8) is 0 Å². The van der Waals surface area contributed by atoms with Gasteiger partial charge in [-0.15, -0.1) is 0 Å². The molecule has 2 aromatic heterocycles. The van der Waals surface area contributed by atoms with Crippen LogP contribution in [-0.4, -0.2) is 27.0 Å². The van der Waals surface area contributed by atoms with Crippen LogP contribution in [0.3, 0.4) is 0 Å². The number of aromatic nitrogens is 3. The van der Waals surface area contributed by atoms with Gasteiger partial charge in [0.25, 0.3) is 0 Å². The molecule has 0 fully saturated rings. The minimum Gasteiger partial charge on any atom is -0.495 e. The van der Waals surface area contributed by atoms with Crippen LogP contribution >= 0.6 is 11.6 Å². The van der Waals surface area contributed by atoms with Crippen LogP contribution in [0.2, 0.25) is 5.15 Å². The van der Waals surface area contributed by atoms with Gasteiger partial charge in [0, 0.05) is 30.8 Å². The van der Waals surface area contributed by atoms with Gasteiger partial charge in [0.15, 0.2) is 0 Å². The van der Waals surface area contributed by atoms with Crippen LogP contribution < -0.4 is 4.74 Å². The normalized spacial score (nSPS) is 12.5. The molecule has 0 aromatic carbocycles. The number of halogens is 1. The summed E-state index contributed by atoms with van der Waals surface area (Å²) in [5.74, 6) is 0.563. The fourth-order valence-corrected chi connectivity index (χ4v) is 2.30. The van der Waals surface area contributed by atoms with E-state index in [1.807, 2.05) is 6.92 Å². The molecular formula is C13H16ClN3O2. The summed E-state index contributed by atoms with van der Waals surface area (Å²) in [7, 11) is 3.33. The van der Waals surface area contributed by atoms with E-state index in [2.05, 4.69) is 10.1 Å². The van der Waals surface area contributed by atoms with Gasteiger partial charge in [0.2, 0.25) is 0 Å². The molecule has 5 nitrogen and oxygen atoms in total. The molecule has 2 aromatic rings. The smallest absolute Gasteiger partial charge is 0.142 e. The minimum absolute atomic E-state index is 0.388. The fourth-order valence-electron chi connectivity index (χ4n) is 2.05. The molecule has 0 amide bonds. The number of methoxy groups -OCH3 is 1. The molecule has 1 atom stereocenters. The lowest BCUT2D eigenvalue weighted by Crippen LogP contribution is -2.05. The lowest BCUT2D eigenvalue weighted by Gasteiger charge is -2.14. The largest absolute Gasteiger partial charge is 0.495 e. The van der Waals surface area contributed by atoms with E-state index in [1.54, 1.807) is 37.3 Å². The number of pyridine rings is 1. The molecular weight excluding hydrogens is 266 g/mol. The molecule has 2 heterocycles. The summed E-state index contributed by atoms with van der Waals surface area (Å²) in [6.45, 7) is 1.87. The molecule has 0 bridgehead atoms. The summed E-state index contributed by atoms with van der Waals surface area (Å²) < 4.78 is 6.79.